The number of anilines is 1. The molecule has 1 aliphatic heterocycles. The number of carbonyl (C=O) groups is 2. The zero-order chi connectivity index (χ0) is 18.6. The number of amides is 2. The van der Waals surface area contributed by atoms with E-state index in [0.717, 1.165) is 4.90 Å². The molecule has 0 bridgehead atoms. The second-order valence-corrected chi connectivity index (χ2v) is 7.46. The van der Waals surface area contributed by atoms with Crippen LogP contribution in [0, 0.1) is 0 Å². The average Bonchev–Trinajstić information content (AvgIpc) is 3.36. The quantitative estimate of drug-likeness (QED) is 0.707. The topological polar surface area (TPSA) is 71.3 Å². The van der Waals surface area contributed by atoms with Gasteiger partial charge in [0.15, 0.2) is 0 Å². The molecule has 1 unspecified atom stereocenters. The van der Waals surface area contributed by atoms with Crippen molar-refractivity contribution in [3.8, 4) is 0 Å². The van der Waals surface area contributed by atoms with Crippen LogP contribution in [0.2, 0.25) is 0 Å². The average molecular weight is 378 g/mol. The van der Waals surface area contributed by atoms with Gasteiger partial charge < -0.3 is 15.1 Å². The third-order valence-electron chi connectivity index (χ3n) is 4.37. The van der Waals surface area contributed by atoms with Crippen LogP contribution in [0.3, 0.4) is 0 Å². The minimum absolute atomic E-state index is 0.0949. The number of nitrogens with one attached hydrogen (secondary N) is 2. The molecule has 0 fully saturated rings. The first-order valence-corrected chi connectivity index (χ1v) is 9.54. The Kier molecular flexibility index (Phi) is 4.98. The molecule has 2 amide bonds. The van der Waals surface area contributed by atoms with Crippen molar-refractivity contribution in [1.29, 1.82) is 0 Å². The lowest BCUT2D eigenvalue weighted by Crippen LogP contribution is -2.28. The van der Waals surface area contributed by atoms with E-state index >= 15 is 0 Å². The Hall–Kier alpha value is -2.99. The van der Waals surface area contributed by atoms with E-state index in [9.17, 15) is 9.59 Å². The van der Waals surface area contributed by atoms with E-state index in [-0.39, 0.29) is 17.1 Å². The summed E-state index contributed by atoms with van der Waals surface area (Å²) < 4.78 is 5.23. The summed E-state index contributed by atoms with van der Waals surface area (Å²) >= 11 is 1.56. The van der Waals surface area contributed by atoms with Crippen molar-refractivity contribution in [3.05, 3.63) is 83.8 Å². The number of fused-ring (bicyclic) bond motifs is 1. The summed E-state index contributed by atoms with van der Waals surface area (Å²) in [6.45, 7) is 0.294. The van der Waals surface area contributed by atoms with Gasteiger partial charge in [0.05, 0.1) is 29.3 Å². The molecule has 2 N–H and O–H groups in total. The summed E-state index contributed by atoms with van der Waals surface area (Å²) in [5.74, 6) is 0.317. The Labute approximate surface area is 161 Å². The van der Waals surface area contributed by atoms with Crippen LogP contribution in [-0.4, -0.2) is 17.1 Å². The molecule has 2 aromatic carbocycles. The highest BCUT2D eigenvalue weighted by molar-refractivity contribution is 8.01. The van der Waals surface area contributed by atoms with Gasteiger partial charge in [-0.2, -0.15) is 0 Å². The maximum Gasteiger partial charge on any atom is 0.253 e. The Bertz CT molecular complexity index is 944. The van der Waals surface area contributed by atoms with Crippen molar-refractivity contribution in [3.63, 3.8) is 0 Å². The fourth-order valence-electron chi connectivity index (χ4n) is 3.01. The van der Waals surface area contributed by atoms with Crippen molar-refractivity contribution in [2.75, 3.05) is 5.32 Å². The van der Waals surface area contributed by atoms with Crippen LogP contribution in [0.1, 0.15) is 21.7 Å². The van der Waals surface area contributed by atoms with Gasteiger partial charge in [-0.15, -0.1) is 11.8 Å². The molecule has 0 aliphatic carbocycles. The van der Waals surface area contributed by atoms with Gasteiger partial charge in [0, 0.05) is 4.90 Å². The molecular weight excluding hydrogens is 360 g/mol. The van der Waals surface area contributed by atoms with Crippen LogP contribution in [0.25, 0.3) is 0 Å². The number of para-hydroxylation sites is 1. The van der Waals surface area contributed by atoms with Gasteiger partial charge in [0.25, 0.3) is 5.91 Å². The molecule has 5 nitrogen and oxygen atoms in total. The van der Waals surface area contributed by atoms with Crippen LogP contribution < -0.4 is 10.6 Å². The molecule has 3 aromatic rings. The largest absolute Gasteiger partial charge is 0.467 e. The molecular formula is C21H18N2O3S. The zero-order valence-electron chi connectivity index (χ0n) is 14.5. The third kappa shape index (κ3) is 3.90. The maximum atomic E-state index is 12.7. The molecule has 136 valence electrons. The van der Waals surface area contributed by atoms with Gasteiger partial charge in [-0.25, -0.2) is 0 Å². The standard InChI is InChI=1S/C21H18N2O3S/c24-20(22-13-15-7-5-11-26-15)16-8-2-3-9-17(16)23-21(25)19-12-14-6-1-4-10-18(14)27-19/h1-11,19H,12-13H2,(H,22,24)(H,23,25). The Morgan fingerprint density at radius 3 is 2.67 bits per heavy atom. The second kappa shape index (κ2) is 7.72. The van der Waals surface area contributed by atoms with E-state index < -0.39 is 0 Å². The molecule has 0 saturated heterocycles. The maximum absolute atomic E-state index is 12.7. The molecule has 0 radical (unpaired) electrons. The van der Waals surface area contributed by atoms with E-state index in [1.165, 1.54) is 5.56 Å². The van der Waals surface area contributed by atoms with Crippen LogP contribution in [0.4, 0.5) is 5.69 Å². The monoisotopic (exact) mass is 378 g/mol. The number of hydrogen-bond donors (Lipinski definition) is 2. The molecule has 0 spiro atoms. The fourth-order valence-corrected chi connectivity index (χ4v) is 4.20. The molecule has 1 aromatic heterocycles. The third-order valence-corrected chi connectivity index (χ3v) is 5.69. The molecule has 6 heteroatoms. The molecule has 4 rings (SSSR count). The lowest BCUT2D eigenvalue weighted by Gasteiger charge is -2.13. The van der Waals surface area contributed by atoms with Gasteiger partial charge in [0.2, 0.25) is 5.91 Å². The SMILES string of the molecule is O=C(NCc1ccco1)c1ccccc1NC(=O)C1Cc2ccccc2S1. The second-order valence-electron chi connectivity index (χ2n) is 6.22. The van der Waals surface area contributed by atoms with Gasteiger partial charge >= 0.3 is 0 Å². The normalized spacial score (nSPS) is 15.2. The molecule has 2 heterocycles. The summed E-state index contributed by atoms with van der Waals surface area (Å²) in [5, 5.41) is 5.53. The number of hydrogen-bond acceptors (Lipinski definition) is 4. The highest BCUT2D eigenvalue weighted by atomic mass is 32.2. The first-order valence-electron chi connectivity index (χ1n) is 8.66. The Morgan fingerprint density at radius 1 is 1.04 bits per heavy atom. The Balaban J connectivity index is 1.43. The summed E-state index contributed by atoms with van der Waals surface area (Å²) in [5.41, 5.74) is 2.13. The van der Waals surface area contributed by atoms with Crippen molar-refractivity contribution in [1.82, 2.24) is 5.32 Å². The predicted octanol–water partition coefficient (Wildman–Crippen LogP) is 3.87. The summed E-state index contributed by atoms with van der Waals surface area (Å²) in [6.07, 6.45) is 2.26. The van der Waals surface area contributed by atoms with Crippen LogP contribution in [0.15, 0.2) is 76.2 Å². The van der Waals surface area contributed by atoms with E-state index in [1.54, 1.807) is 54.4 Å². The molecule has 1 atom stereocenters. The fraction of sp³-hybridized carbons (Fsp3) is 0.143. The van der Waals surface area contributed by atoms with E-state index in [4.69, 9.17) is 4.42 Å². The van der Waals surface area contributed by atoms with Crippen molar-refractivity contribution >= 4 is 29.3 Å². The summed E-state index contributed by atoms with van der Waals surface area (Å²) in [7, 11) is 0. The number of rotatable bonds is 5. The number of furan rings is 1. The highest BCUT2D eigenvalue weighted by Crippen LogP contribution is 2.37. The molecule has 27 heavy (non-hydrogen) atoms. The molecule has 1 aliphatic rings. The van der Waals surface area contributed by atoms with Crippen molar-refractivity contribution < 1.29 is 14.0 Å². The van der Waals surface area contributed by atoms with Gasteiger partial charge in [-0.3, -0.25) is 9.59 Å². The van der Waals surface area contributed by atoms with Crippen molar-refractivity contribution in [2.45, 2.75) is 23.1 Å². The van der Waals surface area contributed by atoms with Gasteiger partial charge in [-0.05, 0) is 42.3 Å². The lowest BCUT2D eigenvalue weighted by atomic mass is 10.1. The Morgan fingerprint density at radius 2 is 1.85 bits per heavy atom. The van der Waals surface area contributed by atoms with E-state index in [1.807, 2.05) is 24.3 Å². The first-order chi connectivity index (χ1) is 13.2. The van der Waals surface area contributed by atoms with Gasteiger partial charge in [0.1, 0.15) is 5.76 Å². The van der Waals surface area contributed by atoms with Gasteiger partial charge in [-0.1, -0.05) is 30.3 Å². The first kappa shape index (κ1) is 17.4. The highest BCUT2D eigenvalue weighted by Gasteiger charge is 2.28. The zero-order valence-corrected chi connectivity index (χ0v) is 15.3. The minimum Gasteiger partial charge on any atom is -0.467 e. The van der Waals surface area contributed by atoms with Crippen LogP contribution in [-0.2, 0) is 17.8 Å². The summed E-state index contributed by atoms with van der Waals surface area (Å²) in [6, 6.07) is 18.6. The predicted molar refractivity (Wildman–Crippen MR) is 105 cm³/mol. The van der Waals surface area contributed by atoms with E-state index in [0.29, 0.717) is 30.0 Å². The van der Waals surface area contributed by atoms with Crippen LogP contribution >= 0.6 is 11.8 Å². The number of carbonyl (C=O) groups excluding carboxylic acids is 2. The smallest absolute Gasteiger partial charge is 0.253 e. The number of thioether (sulfide) groups is 1. The van der Waals surface area contributed by atoms with Crippen molar-refractivity contribution in [2.24, 2.45) is 0 Å². The van der Waals surface area contributed by atoms with E-state index in [2.05, 4.69) is 10.6 Å². The van der Waals surface area contributed by atoms with Crippen LogP contribution in [0.5, 0.6) is 0 Å². The lowest BCUT2D eigenvalue weighted by molar-refractivity contribution is -0.115. The molecule has 0 saturated carbocycles. The summed E-state index contributed by atoms with van der Waals surface area (Å²) in [4.78, 5) is 26.4. The number of benzene rings is 2. The minimum atomic E-state index is -0.260.